The molecule has 0 amide bonds. The van der Waals surface area contributed by atoms with Gasteiger partial charge in [0.2, 0.25) is 0 Å². The summed E-state index contributed by atoms with van der Waals surface area (Å²) in [5.41, 5.74) is 0. The van der Waals surface area contributed by atoms with Crippen LogP contribution in [0.5, 0.6) is 0 Å². The second-order valence-corrected chi connectivity index (χ2v) is 3.92. The van der Waals surface area contributed by atoms with Gasteiger partial charge in [0.05, 0.1) is 26.4 Å². The zero-order valence-corrected chi connectivity index (χ0v) is 9.34. The van der Waals surface area contributed by atoms with Gasteiger partial charge in [0, 0.05) is 0 Å². The van der Waals surface area contributed by atoms with E-state index in [-0.39, 0.29) is 24.4 Å². The first-order valence-electron chi connectivity index (χ1n) is 5.55. The molecule has 16 heavy (non-hydrogen) atoms. The Morgan fingerprint density at radius 1 is 0.938 bits per heavy atom. The Labute approximate surface area is 95.8 Å². The van der Waals surface area contributed by atoms with E-state index in [9.17, 15) is 0 Å². The monoisotopic (exact) mass is 226 g/mol. The first kappa shape index (κ1) is 11.8. The molecule has 90 valence electrons. The molecule has 0 aliphatic carbocycles. The molecule has 0 saturated carbocycles. The van der Waals surface area contributed by atoms with Gasteiger partial charge in [0.1, 0.15) is 24.4 Å². The van der Waals surface area contributed by atoms with E-state index in [4.69, 9.17) is 18.9 Å². The quantitative estimate of drug-likeness (QED) is 0.631. The fraction of sp³-hybridized carbons (Fsp3) is 0.667. The lowest BCUT2D eigenvalue weighted by Crippen LogP contribution is -2.34. The van der Waals surface area contributed by atoms with Crippen LogP contribution in [0.2, 0.25) is 0 Å². The maximum Gasteiger partial charge on any atom is 0.115 e. The van der Waals surface area contributed by atoms with Crippen LogP contribution in [0.3, 0.4) is 0 Å². The Morgan fingerprint density at radius 3 is 1.75 bits per heavy atom. The van der Waals surface area contributed by atoms with Crippen molar-refractivity contribution in [3.63, 3.8) is 0 Å². The standard InChI is InChI=1S/C12H18O4/c1-3-5-13-9-7-15-12-10(14-6-4-2)8-16-11(9)12/h3-4,9-12H,1-2,5-8H2/t9-,10+,11+,12-. The molecule has 0 radical (unpaired) electrons. The molecule has 2 heterocycles. The first-order valence-corrected chi connectivity index (χ1v) is 5.55. The molecule has 0 aromatic heterocycles. The van der Waals surface area contributed by atoms with Crippen LogP contribution in [0.4, 0.5) is 0 Å². The van der Waals surface area contributed by atoms with Crippen LogP contribution < -0.4 is 0 Å². The SMILES string of the molecule is C=CCO[C@H]1CO[C@@H]2[C@@H]1OC[C@H]2OCC=C. The van der Waals surface area contributed by atoms with E-state index in [1.165, 1.54) is 0 Å². The third kappa shape index (κ3) is 2.35. The highest BCUT2D eigenvalue weighted by molar-refractivity contribution is 4.96. The van der Waals surface area contributed by atoms with Gasteiger partial charge >= 0.3 is 0 Å². The Hall–Kier alpha value is -0.680. The van der Waals surface area contributed by atoms with E-state index < -0.39 is 0 Å². The first-order chi connectivity index (χ1) is 7.86. The molecule has 4 heteroatoms. The molecule has 4 nitrogen and oxygen atoms in total. The third-order valence-corrected chi connectivity index (χ3v) is 2.82. The molecule has 2 rings (SSSR count). The predicted octanol–water partition coefficient (Wildman–Crippen LogP) is 0.926. The molecule has 2 saturated heterocycles. The van der Waals surface area contributed by atoms with Gasteiger partial charge < -0.3 is 18.9 Å². The van der Waals surface area contributed by atoms with Crippen LogP contribution in [0.25, 0.3) is 0 Å². The number of fused-ring (bicyclic) bond motifs is 1. The third-order valence-electron chi connectivity index (χ3n) is 2.82. The van der Waals surface area contributed by atoms with Crippen LogP contribution in [0.15, 0.2) is 25.3 Å². The van der Waals surface area contributed by atoms with Crippen LogP contribution in [-0.4, -0.2) is 50.8 Å². The smallest absolute Gasteiger partial charge is 0.115 e. The summed E-state index contributed by atoms with van der Waals surface area (Å²) >= 11 is 0. The van der Waals surface area contributed by atoms with E-state index in [2.05, 4.69) is 13.2 Å². The van der Waals surface area contributed by atoms with Crippen LogP contribution in [-0.2, 0) is 18.9 Å². The van der Waals surface area contributed by atoms with E-state index in [1.54, 1.807) is 12.2 Å². The van der Waals surface area contributed by atoms with E-state index in [1.807, 2.05) is 0 Å². The van der Waals surface area contributed by atoms with Crippen molar-refractivity contribution in [3.8, 4) is 0 Å². The van der Waals surface area contributed by atoms with E-state index in [0.717, 1.165) is 0 Å². The molecule has 2 aliphatic rings. The highest BCUT2D eigenvalue weighted by Gasteiger charge is 2.48. The molecule has 2 aliphatic heterocycles. The number of hydrogen-bond donors (Lipinski definition) is 0. The second kappa shape index (κ2) is 5.59. The molecule has 4 atom stereocenters. The molecule has 0 unspecified atom stereocenters. The second-order valence-electron chi connectivity index (χ2n) is 3.92. The topological polar surface area (TPSA) is 36.9 Å². The maximum absolute atomic E-state index is 5.65. The van der Waals surface area contributed by atoms with Crippen LogP contribution in [0, 0.1) is 0 Å². The molecular weight excluding hydrogens is 208 g/mol. The summed E-state index contributed by atoms with van der Waals surface area (Å²) in [7, 11) is 0. The maximum atomic E-state index is 5.65. The van der Waals surface area contributed by atoms with Gasteiger partial charge in [0.15, 0.2) is 0 Å². The van der Waals surface area contributed by atoms with Crippen LogP contribution >= 0.6 is 0 Å². The van der Waals surface area contributed by atoms with Crippen molar-refractivity contribution in [1.82, 2.24) is 0 Å². The number of rotatable bonds is 6. The Balaban J connectivity index is 1.85. The molecular formula is C12H18O4. The summed E-state index contributed by atoms with van der Waals surface area (Å²) < 4.78 is 22.5. The van der Waals surface area contributed by atoms with Gasteiger partial charge in [-0.05, 0) is 0 Å². The van der Waals surface area contributed by atoms with Crippen molar-refractivity contribution in [1.29, 1.82) is 0 Å². The van der Waals surface area contributed by atoms with Crippen molar-refractivity contribution in [2.24, 2.45) is 0 Å². The molecule has 0 aromatic rings. The fourth-order valence-electron chi connectivity index (χ4n) is 2.10. The van der Waals surface area contributed by atoms with Crippen molar-refractivity contribution in [2.45, 2.75) is 24.4 Å². The zero-order chi connectivity index (χ0) is 11.4. The van der Waals surface area contributed by atoms with Gasteiger partial charge in [-0.15, -0.1) is 13.2 Å². The van der Waals surface area contributed by atoms with Gasteiger partial charge in [-0.3, -0.25) is 0 Å². The minimum atomic E-state index is -0.00485. The lowest BCUT2D eigenvalue weighted by Gasteiger charge is -2.16. The lowest BCUT2D eigenvalue weighted by molar-refractivity contribution is -0.0402. The predicted molar refractivity (Wildman–Crippen MR) is 59.4 cm³/mol. The fourth-order valence-corrected chi connectivity index (χ4v) is 2.10. The number of ether oxygens (including phenoxy) is 4. The Bertz CT molecular complexity index is 227. The summed E-state index contributed by atoms with van der Waals surface area (Å²) in [5.74, 6) is 0. The molecule has 0 bridgehead atoms. The summed E-state index contributed by atoms with van der Waals surface area (Å²) in [4.78, 5) is 0. The van der Waals surface area contributed by atoms with Crippen molar-refractivity contribution >= 4 is 0 Å². The molecule has 0 spiro atoms. The average molecular weight is 226 g/mol. The highest BCUT2D eigenvalue weighted by atomic mass is 16.6. The average Bonchev–Trinajstić information content (AvgIpc) is 2.86. The van der Waals surface area contributed by atoms with E-state index in [0.29, 0.717) is 26.4 Å². The minimum absolute atomic E-state index is 0.000307. The summed E-state index contributed by atoms with van der Waals surface area (Å²) in [6.45, 7) is 9.43. The molecule has 2 fully saturated rings. The Kier molecular flexibility index (Phi) is 4.12. The summed E-state index contributed by atoms with van der Waals surface area (Å²) in [6.07, 6.45) is 3.45. The highest BCUT2D eigenvalue weighted by Crippen LogP contribution is 2.30. The van der Waals surface area contributed by atoms with Gasteiger partial charge in [-0.1, -0.05) is 12.2 Å². The number of hydrogen-bond acceptors (Lipinski definition) is 4. The summed E-state index contributed by atoms with van der Waals surface area (Å²) in [6, 6.07) is 0. The lowest BCUT2D eigenvalue weighted by atomic mass is 10.1. The zero-order valence-electron chi connectivity index (χ0n) is 9.34. The van der Waals surface area contributed by atoms with Crippen LogP contribution in [0.1, 0.15) is 0 Å². The normalized spacial score (nSPS) is 37.2. The van der Waals surface area contributed by atoms with E-state index >= 15 is 0 Å². The minimum Gasteiger partial charge on any atom is -0.370 e. The van der Waals surface area contributed by atoms with Gasteiger partial charge in [-0.2, -0.15) is 0 Å². The van der Waals surface area contributed by atoms with Gasteiger partial charge in [0.25, 0.3) is 0 Å². The largest absolute Gasteiger partial charge is 0.370 e. The Morgan fingerprint density at radius 2 is 1.38 bits per heavy atom. The van der Waals surface area contributed by atoms with Crippen molar-refractivity contribution in [3.05, 3.63) is 25.3 Å². The molecule has 0 aromatic carbocycles. The molecule has 0 N–H and O–H groups in total. The van der Waals surface area contributed by atoms with Gasteiger partial charge in [-0.25, -0.2) is 0 Å². The summed E-state index contributed by atoms with van der Waals surface area (Å²) in [5, 5.41) is 0. The van der Waals surface area contributed by atoms with Crippen molar-refractivity contribution < 1.29 is 18.9 Å². The van der Waals surface area contributed by atoms with Crippen molar-refractivity contribution in [2.75, 3.05) is 26.4 Å².